The summed E-state index contributed by atoms with van der Waals surface area (Å²) >= 11 is 0. The van der Waals surface area contributed by atoms with Gasteiger partial charge in [-0.15, -0.1) is 0 Å². The highest BCUT2D eigenvalue weighted by atomic mass is 19.2. The molecule has 0 aliphatic carbocycles. The molecule has 0 saturated heterocycles. The van der Waals surface area contributed by atoms with Gasteiger partial charge in [-0.3, -0.25) is 4.99 Å². The molecular formula is C29H35F2N5. The number of aryl methyl sites for hydroxylation is 2. The molecule has 7 heteroatoms. The molecule has 2 aliphatic rings. The van der Waals surface area contributed by atoms with Crippen LogP contribution in [0.1, 0.15) is 61.9 Å². The van der Waals surface area contributed by atoms with E-state index in [0.29, 0.717) is 35.8 Å². The van der Waals surface area contributed by atoms with Crippen LogP contribution in [-0.2, 0) is 6.42 Å². The van der Waals surface area contributed by atoms with Gasteiger partial charge < -0.3 is 15.1 Å². The Balaban J connectivity index is 1.51. The second-order valence-corrected chi connectivity index (χ2v) is 9.25. The Bertz CT molecular complexity index is 1220. The Morgan fingerprint density at radius 2 is 1.86 bits per heavy atom. The lowest BCUT2D eigenvalue weighted by atomic mass is 10.0. The molecule has 2 aromatic rings. The van der Waals surface area contributed by atoms with Gasteiger partial charge in [0.2, 0.25) is 0 Å². The smallest absolute Gasteiger partial charge is 0.173 e. The van der Waals surface area contributed by atoms with Crippen molar-refractivity contribution in [1.82, 2.24) is 9.80 Å². The average molecular weight is 492 g/mol. The number of hydrogen-bond acceptors (Lipinski definition) is 5. The predicted octanol–water partition coefficient (Wildman–Crippen LogP) is 6.68. The molecule has 4 rings (SSSR count). The van der Waals surface area contributed by atoms with Crippen LogP contribution in [0.2, 0.25) is 0 Å². The maximum absolute atomic E-state index is 14.9. The highest BCUT2D eigenvalue weighted by molar-refractivity contribution is 6.45. The molecule has 1 N–H and O–H groups in total. The molecule has 0 bridgehead atoms. The third kappa shape index (κ3) is 4.92. The van der Waals surface area contributed by atoms with Crippen LogP contribution in [0, 0.1) is 18.6 Å². The zero-order valence-corrected chi connectivity index (χ0v) is 21.6. The molecule has 2 aliphatic heterocycles. The lowest BCUT2D eigenvalue weighted by Crippen LogP contribution is -2.37. The van der Waals surface area contributed by atoms with Crippen LogP contribution in [0.4, 0.5) is 14.5 Å². The number of hydrogen-bond donors (Lipinski definition) is 1. The van der Waals surface area contributed by atoms with Crippen molar-refractivity contribution in [3.8, 4) is 0 Å². The first-order valence-corrected chi connectivity index (χ1v) is 12.8. The number of nitrogens with one attached hydrogen (secondary N) is 1. The van der Waals surface area contributed by atoms with Crippen LogP contribution < -0.4 is 5.32 Å². The van der Waals surface area contributed by atoms with Gasteiger partial charge in [0, 0.05) is 48.0 Å². The fraction of sp³-hybridized carbons (Fsp3) is 0.379. The molecule has 0 aromatic heterocycles. The minimum Gasteiger partial charge on any atom is -0.372 e. The van der Waals surface area contributed by atoms with Crippen molar-refractivity contribution in [3.63, 3.8) is 0 Å². The Labute approximate surface area is 212 Å². The lowest BCUT2D eigenvalue weighted by molar-refractivity contribution is 0.396. The van der Waals surface area contributed by atoms with Gasteiger partial charge in [0.1, 0.15) is 0 Å². The Morgan fingerprint density at radius 1 is 1.11 bits per heavy atom. The van der Waals surface area contributed by atoms with Crippen molar-refractivity contribution < 1.29 is 8.78 Å². The monoisotopic (exact) mass is 491 g/mol. The van der Waals surface area contributed by atoms with E-state index in [1.807, 2.05) is 17.9 Å². The number of amidine groups is 2. The predicted molar refractivity (Wildman–Crippen MR) is 145 cm³/mol. The van der Waals surface area contributed by atoms with Crippen LogP contribution >= 0.6 is 0 Å². The summed E-state index contributed by atoms with van der Waals surface area (Å²) in [5.41, 5.74) is 4.84. The van der Waals surface area contributed by atoms with E-state index >= 15 is 0 Å². The summed E-state index contributed by atoms with van der Waals surface area (Å²) in [6, 6.07) is 9.09. The molecule has 1 atom stereocenters. The van der Waals surface area contributed by atoms with Gasteiger partial charge in [-0.05, 0) is 49.4 Å². The quantitative estimate of drug-likeness (QED) is 0.426. The number of aliphatic imine (C=N–C) groups is 2. The summed E-state index contributed by atoms with van der Waals surface area (Å²) in [7, 11) is 0. The number of anilines is 1. The zero-order valence-electron chi connectivity index (χ0n) is 21.6. The minimum absolute atomic E-state index is 0.303. The number of benzene rings is 2. The summed E-state index contributed by atoms with van der Waals surface area (Å²) in [6.07, 6.45) is 6.01. The SMILES string of the molecule is C=C(c1ccc(NC2=NC=CN3C2=NCC3c2ccc(CC)c(F)c2F)cc1C)N(CCC)CCC. The third-order valence-electron chi connectivity index (χ3n) is 6.74. The second-order valence-electron chi connectivity index (χ2n) is 9.25. The molecule has 36 heavy (non-hydrogen) atoms. The Kier molecular flexibility index (Phi) is 7.87. The first-order valence-electron chi connectivity index (χ1n) is 12.8. The van der Waals surface area contributed by atoms with E-state index in [9.17, 15) is 8.78 Å². The van der Waals surface area contributed by atoms with E-state index in [-0.39, 0.29) is 0 Å². The Hall–Kier alpha value is -3.48. The molecule has 2 aromatic carbocycles. The van der Waals surface area contributed by atoms with E-state index in [0.717, 1.165) is 48.4 Å². The fourth-order valence-electron chi connectivity index (χ4n) is 4.86. The summed E-state index contributed by atoms with van der Waals surface area (Å²) < 4.78 is 29.3. The van der Waals surface area contributed by atoms with Gasteiger partial charge >= 0.3 is 0 Å². The summed E-state index contributed by atoms with van der Waals surface area (Å²) in [6.45, 7) is 14.9. The standard InChI is InChI=1S/C29H35F2N5/c1-6-14-35(15-7-2)20(5)23-12-10-22(17-19(23)4)34-28-29-33-18-25(36(29)16-13-32-28)24-11-9-21(8-3)26(30)27(24)31/h9-13,16-17,25H,5-8,14-15,18H2,1-4H3,(H,32,34). The fourth-order valence-corrected chi connectivity index (χ4v) is 4.86. The molecule has 190 valence electrons. The molecule has 0 radical (unpaired) electrons. The number of rotatable bonds is 9. The second kappa shape index (κ2) is 11.1. The first-order chi connectivity index (χ1) is 17.4. The van der Waals surface area contributed by atoms with Crippen molar-refractivity contribution >= 4 is 23.1 Å². The number of nitrogens with zero attached hydrogens (tertiary/aromatic N) is 4. The van der Waals surface area contributed by atoms with Crippen LogP contribution in [0.3, 0.4) is 0 Å². The minimum atomic E-state index is -0.798. The highest BCUT2D eigenvalue weighted by Crippen LogP contribution is 2.33. The molecule has 1 unspecified atom stereocenters. The van der Waals surface area contributed by atoms with Crippen molar-refractivity contribution in [3.05, 3.63) is 83.2 Å². The van der Waals surface area contributed by atoms with Gasteiger partial charge in [-0.2, -0.15) is 0 Å². The zero-order chi connectivity index (χ0) is 25.8. The molecule has 0 fully saturated rings. The summed E-state index contributed by atoms with van der Waals surface area (Å²) in [4.78, 5) is 13.3. The lowest BCUT2D eigenvalue weighted by Gasteiger charge is -2.28. The Morgan fingerprint density at radius 3 is 2.53 bits per heavy atom. The van der Waals surface area contributed by atoms with Crippen LogP contribution in [0.5, 0.6) is 0 Å². The third-order valence-corrected chi connectivity index (χ3v) is 6.74. The maximum Gasteiger partial charge on any atom is 0.173 e. The molecule has 5 nitrogen and oxygen atoms in total. The van der Waals surface area contributed by atoms with Crippen molar-refractivity contribution in [2.45, 2.75) is 53.0 Å². The topological polar surface area (TPSA) is 43.2 Å². The summed E-state index contributed by atoms with van der Waals surface area (Å²) in [5, 5.41) is 3.37. The average Bonchev–Trinajstić information content (AvgIpc) is 3.30. The van der Waals surface area contributed by atoms with E-state index < -0.39 is 17.7 Å². The van der Waals surface area contributed by atoms with E-state index in [1.54, 1.807) is 24.5 Å². The molecule has 2 heterocycles. The highest BCUT2D eigenvalue weighted by Gasteiger charge is 2.34. The van der Waals surface area contributed by atoms with Gasteiger partial charge in [0.25, 0.3) is 0 Å². The van der Waals surface area contributed by atoms with Crippen molar-refractivity contribution in [1.29, 1.82) is 0 Å². The van der Waals surface area contributed by atoms with Gasteiger partial charge in [-0.1, -0.05) is 45.5 Å². The van der Waals surface area contributed by atoms with E-state index in [2.05, 4.69) is 59.7 Å². The summed E-state index contributed by atoms with van der Waals surface area (Å²) in [5.74, 6) is -0.376. The normalized spacial score (nSPS) is 16.5. The maximum atomic E-state index is 14.9. The first kappa shape index (κ1) is 25.6. The van der Waals surface area contributed by atoms with Crippen molar-refractivity contribution in [2.24, 2.45) is 9.98 Å². The van der Waals surface area contributed by atoms with E-state index in [1.165, 1.54) is 0 Å². The van der Waals surface area contributed by atoms with Crippen LogP contribution in [0.25, 0.3) is 5.70 Å². The van der Waals surface area contributed by atoms with E-state index in [4.69, 9.17) is 0 Å². The largest absolute Gasteiger partial charge is 0.372 e. The van der Waals surface area contributed by atoms with Gasteiger partial charge in [-0.25, -0.2) is 13.8 Å². The molecule has 0 amide bonds. The molecular weight excluding hydrogens is 456 g/mol. The molecule has 0 spiro atoms. The molecule has 0 saturated carbocycles. The van der Waals surface area contributed by atoms with Crippen LogP contribution in [-0.4, -0.2) is 41.1 Å². The van der Waals surface area contributed by atoms with Gasteiger partial charge in [0.05, 0.1) is 12.6 Å². The van der Waals surface area contributed by atoms with Gasteiger partial charge in [0.15, 0.2) is 23.3 Å². The number of halogens is 2. The number of fused-ring (bicyclic) bond motifs is 1. The van der Waals surface area contributed by atoms with Crippen LogP contribution in [0.15, 0.2) is 59.3 Å². The van der Waals surface area contributed by atoms with Crippen molar-refractivity contribution in [2.75, 3.05) is 25.0 Å².